The summed E-state index contributed by atoms with van der Waals surface area (Å²) in [7, 11) is 2.04. The zero-order valence-corrected chi connectivity index (χ0v) is 22.7. The predicted octanol–water partition coefficient (Wildman–Crippen LogP) is 4.01. The molecule has 1 aliphatic heterocycles. The minimum Gasteiger partial charge on any atom is -0.488 e. The van der Waals surface area contributed by atoms with Crippen LogP contribution in [0.3, 0.4) is 0 Å². The highest BCUT2D eigenvalue weighted by Gasteiger charge is 2.31. The summed E-state index contributed by atoms with van der Waals surface area (Å²) >= 11 is 0. The fraction of sp³-hybridized carbons (Fsp3) is 0.367. The highest BCUT2D eigenvalue weighted by atomic mass is 16.5. The zero-order chi connectivity index (χ0) is 27.8. The number of fused-ring (bicyclic) bond motifs is 1. The van der Waals surface area contributed by atoms with E-state index in [0.717, 1.165) is 12.1 Å². The van der Waals surface area contributed by atoms with Crippen molar-refractivity contribution >= 4 is 23.3 Å². The molecular formula is C30H37N5O4. The third-order valence-corrected chi connectivity index (χ3v) is 6.90. The Kier molecular flexibility index (Phi) is 9.51. The monoisotopic (exact) mass is 531 g/mol. The van der Waals surface area contributed by atoms with Crippen LogP contribution in [0.4, 0.5) is 16.2 Å². The molecule has 0 fully saturated rings. The van der Waals surface area contributed by atoms with Gasteiger partial charge in [0, 0.05) is 54.9 Å². The maximum atomic E-state index is 13.4. The molecule has 9 heteroatoms. The van der Waals surface area contributed by atoms with E-state index in [9.17, 15) is 14.7 Å². The first-order valence-electron chi connectivity index (χ1n) is 13.2. The second-order valence-electron chi connectivity index (χ2n) is 10.2. The molecule has 2 heterocycles. The number of aliphatic hydroxyl groups is 1. The number of likely N-dealkylation sites (N-methyl/N-ethyl adjacent to an activating group) is 1. The number of nitrogens with zero attached hydrogens (tertiary/aromatic N) is 3. The van der Waals surface area contributed by atoms with Crippen molar-refractivity contribution in [2.24, 2.45) is 5.92 Å². The Morgan fingerprint density at radius 1 is 1.13 bits per heavy atom. The van der Waals surface area contributed by atoms with Gasteiger partial charge in [-0.3, -0.25) is 14.7 Å². The van der Waals surface area contributed by atoms with E-state index in [1.54, 1.807) is 41.6 Å². The smallest absolute Gasteiger partial charge is 0.323 e. The molecular weight excluding hydrogens is 494 g/mol. The van der Waals surface area contributed by atoms with Gasteiger partial charge < -0.3 is 25.4 Å². The van der Waals surface area contributed by atoms with Crippen molar-refractivity contribution in [2.75, 3.05) is 37.4 Å². The fourth-order valence-electron chi connectivity index (χ4n) is 4.71. The summed E-state index contributed by atoms with van der Waals surface area (Å²) in [5.74, 6) is 0.526. The molecule has 0 spiro atoms. The minimum absolute atomic E-state index is 0.00300. The number of urea groups is 1. The van der Waals surface area contributed by atoms with Gasteiger partial charge in [-0.2, -0.15) is 0 Å². The number of rotatable bonds is 8. The van der Waals surface area contributed by atoms with Gasteiger partial charge in [0.05, 0.1) is 19.1 Å². The van der Waals surface area contributed by atoms with Crippen molar-refractivity contribution < 1.29 is 19.4 Å². The SMILES string of the molecule is C[C@H](CO)N1C[C@H](C)[C@@H](CN(C)Cc2ccncc2)Oc2ccc(NC(=O)Nc3ccccc3)cc2CC1=O. The van der Waals surface area contributed by atoms with E-state index in [-0.39, 0.29) is 43.0 Å². The number of carbonyl (C=O) groups is 2. The van der Waals surface area contributed by atoms with E-state index >= 15 is 0 Å². The average Bonchev–Trinajstić information content (AvgIpc) is 2.97. The summed E-state index contributed by atoms with van der Waals surface area (Å²) in [6, 6.07) is 17.8. The van der Waals surface area contributed by atoms with Crippen LogP contribution in [-0.4, -0.2) is 70.7 Å². The minimum atomic E-state index is -0.378. The predicted molar refractivity (Wildman–Crippen MR) is 152 cm³/mol. The number of hydrogen-bond acceptors (Lipinski definition) is 6. The lowest BCUT2D eigenvalue weighted by molar-refractivity contribution is -0.134. The largest absolute Gasteiger partial charge is 0.488 e. The number of aromatic nitrogens is 1. The third-order valence-electron chi connectivity index (χ3n) is 6.90. The summed E-state index contributed by atoms with van der Waals surface area (Å²) < 4.78 is 6.58. The van der Waals surface area contributed by atoms with E-state index < -0.39 is 0 Å². The van der Waals surface area contributed by atoms with Crippen molar-refractivity contribution in [3.8, 4) is 5.75 Å². The Hall–Kier alpha value is -3.95. The number of pyridine rings is 1. The highest BCUT2D eigenvalue weighted by Crippen LogP contribution is 2.29. The van der Waals surface area contributed by atoms with Gasteiger partial charge in [0.25, 0.3) is 0 Å². The molecule has 0 aliphatic carbocycles. The Bertz CT molecular complexity index is 1240. The van der Waals surface area contributed by atoms with Crippen LogP contribution in [0, 0.1) is 5.92 Å². The van der Waals surface area contributed by atoms with Crippen LogP contribution in [0.15, 0.2) is 73.1 Å². The molecule has 3 amide bonds. The van der Waals surface area contributed by atoms with Crippen molar-refractivity contribution in [1.29, 1.82) is 0 Å². The molecule has 3 atom stereocenters. The van der Waals surface area contributed by atoms with Gasteiger partial charge >= 0.3 is 6.03 Å². The standard InChI is InChI=1S/C30H37N5O4/c1-21-17-35(22(2)20-36)29(37)16-24-15-26(33-30(38)32-25-7-5-4-6-8-25)9-10-27(24)39-28(21)19-34(3)18-23-11-13-31-14-12-23/h4-15,21-22,28,36H,16-20H2,1-3H3,(H2,32,33,38)/t21-,22+,28+/m0/s1. The number of para-hydroxylation sites is 1. The summed E-state index contributed by atoms with van der Waals surface area (Å²) in [6.07, 6.45) is 3.45. The maximum absolute atomic E-state index is 13.4. The number of aliphatic hydroxyl groups excluding tert-OH is 1. The molecule has 1 aromatic heterocycles. The van der Waals surface area contributed by atoms with Crippen LogP contribution in [0.1, 0.15) is 25.0 Å². The molecule has 0 saturated heterocycles. The molecule has 0 saturated carbocycles. The second kappa shape index (κ2) is 13.2. The number of amides is 3. The molecule has 0 unspecified atom stereocenters. The third kappa shape index (κ3) is 7.78. The normalized spacial score (nSPS) is 18.3. The van der Waals surface area contributed by atoms with Crippen molar-refractivity contribution in [3.05, 3.63) is 84.2 Å². The quantitative estimate of drug-likeness (QED) is 0.406. The Morgan fingerprint density at radius 2 is 1.85 bits per heavy atom. The van der Waals surface area contributed by atoms with Crippen LogP contribution in [0.25, 0.3) is 0 Å². The van der Waals surface area contributed by atoms with E-state index in [4.69, 9.17) is 4.74 Å². The van der Waals surface area contributed by atoms with Crippen LogP contribution in [0.2, 0.25) is 0 Å². The molecule has 39 heavy (non-hydrogen) atoms. The lowest BCUT2D eigenvalue weighted by atomic mass is 10.0. The van der Waals surface area contributed by atoms with E-state index in [1.807, 2.05) is 50.4 Å². The van der Waals surface area contributed by atoms with E-state index in [2.05, 4.69) is 27.4 Å². The molecule has 3 N–H and O–H groups in total. The van der Waals surface area contributed by atoms with Gasteiger partial charge in [-0.05, 0) is 62.0 Å². The first-order valence-corrected chi connectivity index (χ1v) is 13.2. The number of hydrogen-bond donors (Lipinski definition) is 3. The van der Waals surface area contributed by atoms with Gasteiger partial charge in [-0.1, -0.05) is 25.1 Å². The second-order valence-corrected chi connectivity index (χ2v) is 10.2. The van der Waals surface area contributed by atoms with Gasteiger partial charge in [0.15, 0.2) is 0 Å². The molecule has 1 aliphatic rings. The number of nitrogens with one attached hydrogen (secondary N) is 2. The average molecular weight is 532 g/mol. The molecule has 3 aromatic rings. The van der Waals surface area contributed by atoms with Crippen LogP contribution in [-0.2, 0) is 17.8 Å². The van der Waals surface area contributed by atoms with Crippen LogP contribution >= 0.6 is 0 Å². The van der Waals surface area contributed by atoms with Gasteiger partial charge in [-0.25, -0.2) is 4.79 Å². The van der Waals surface area contributed by atoms with Crippen LogP contribution in [0.5, 0.6) is 5.75 Å². The molecule has 206 valence electrons. The molecule has 2 aromatic carbocycles. The van der Waals surface area contributed by atoms with Crippen molar-refractivity contribution in [3.63, 3.8) is 0 Å². The molecule has 9 nitrogen and oxygen atoms in total. The molecule has 0 bridgehead atoms. The number of anilines is 2. The first-order chi connectivity index (χ1) is 18.8. The Morgan fingerprint density at radius 3 is 2.56 bits per heavy atom. The zero-order valence-electron chi connectivity index (χ0n) is 22.7. The number of benzene rings is 2. The topological polar surface area (TPSA) is 107 Å². The fourth-order valence-corrected chi connectivity index (χ4v) is 4.71. The van der Waals surface area contributed by atoms with Gasteiger partial charge in [-0.15, -0.1) is 0 Å². The molecule has 4 rings (SSSR count). The summed E-state index contributed by atoms with van der Waals surface area (Å²) in [6.45, 7) is 5.63. The van der Waals surface area contributed by atoms with Gasteiger partial charge in [0.1, 0.15) is 11.9 Å². The Balaban J connectivity index is 1.56. The summed E-state index contributed by atoms with van der Waals surface area (Å²) in [4.78, 5) is 34.0. The van der Waals surface area contributed by atoms with Crippen LogP contribution < -0.4 is 15.4 Å². The lowest BCUT2D eigenvalue weighted by Gasteiger charge is -2.34. The summed E-state index contributed by atoms with van der Waals surface area (Å²) in [5, 5.41) is 15.5. The number of ether oxygens (including phenoxy) is 1. The highest BCUT2D eigenvalue weighted by molar-refractivity contribution is 5.99. The van der Waals surface area contributed by atoms with Gasteiger partial charge in [0.2, 0.25) is 5.91 Å². The summed E-state index contributed by atoms with van der Waals surface area (Å²) in [5.41, 5.74) is 3.07. The lowest BCUT2D eigenvalue weighted by Crippen LogP contribution is -2.47. The Labute approximate surface area is 229 Å². The number of carbonyl (C=O) groups excluding carboxylic acids is 2. The molecule has 0 radical (unpaired) electrons. The van der Waals surface area contributed by atoms with E-state index in [0.29, 0.717) is 35.8 Å². The first kappa shape index (κ1) is 28.1. The van der Waals surface area contributed by atoms with Crippen molar-refractivity contribution in [1.82, 2.24) is 14.8 Å². The van der Waals surface area contributed by atoms with Crippen molar-refractivity contribution in [2.45, 2.75) is 39.0 Å². The maximum Gasteiger partial charge on any atom is 0.323 e. The van der Waals surface area contributed by atoms with E-state index in [1.165, 1.54) is 0 Å².